The third-order valence-electron chi connectivity index (χ3n) is 5.57. The maximum atomic E-state index is 12.5. The number of aromatic nitrogens is 2. The summed E-state index contributed by atoms with van der Waals surface area (Å²) >= 11 is 1.53. The zero-order valence-electron chi connectivity index (χ0n) is 19.0. The lowest BCUT2D eigenvalue weighted by Crippen LogP contribution is -2.27. The monoisotopic (exact) mass is 450 g/mol. The minimum absolute atomic E-state index is 0.0124. The first-order chi connectivity index (χ1) is 15.5. The Labute approximate surface area is 194 Å². The SMILES string of the molecule is CC(C)c1cc(N(C)Cc2ccccc2)nc(SCc2ccc(C(=O)N3CCCC3)o2)n1. The van der Waals surface area contributed by atoms with E-state index in [-0.39, 0.29) is 5.91 Å². The molecular weight excluding hydrogens is 420 g/mol. The number of rotatable bonds is 8. The number of likely N-dealkylation sites (tertiary alicyclic amines) is 1. The Hall–Kier alpha value is -2.80. The van der Waals surface area contributed by atoms with Crippen LogP contribution < -0.4 is 4.90 Å². The highest BCUT2D eigenvalue weighted by molar-refractivity contribution is 7.98. The first kappa shape index (κ1) is 22.4. The molecule has 6 nitrogen and oxygen atoms in total. The number of thioether (sulfide) groups is 1. The van der Waals surface area contributed by atoms with E-state index >= 15 is 0 Å². The van der Waals surface area contributed by atoms with E-state index in [0.29, 0.717) is 17.4 Å². The van der Waals surface area contributed by atoms with Gasteiger partial charge in [0.2, 0.25) is 0 Å². The Morgan fingerprint density at radius 2 is 1.88 bits per heavy atom. The van der Waals surface area contributed by atoms with Crippen molar-refractivity contribution in [3.8, 4) is 0 Å². The number of hydrogen-bond acceptors (Lipinski definition) is 6. The van der Waals surface area contributed by atoms with Gasteiger partial charge in [-0.25, -0.2) is 9.97 Å². The van der Waals surface area contributed by atoms with E-state index in [1.807, 2.05) is 17.0 Å². The molecule has 2 aromatic heterocycles. The lowest BCUT2D eigenvalue weighted by Gasteiger charge is -2.20. The van der Waals surface area contributed by atoms with E-state index in [9.17, 15) is 4.79 Å². The predicted octanol–water partition coefficient (Wildman–Crippen LogP) is 5.36. The Balaban J connectivity index is 1.45. The molecule has 3 heterocycles. The number of hydrogen-bond donors (Lipinski definition) is 0. The first-order valence-electron chi connectivity index (χ1n) is 11.1. The van der Waals surface area contributed by atoms with Gasteiger partial charge < -0.3 is 14.2 Å². The van der Waals surface area contributed by atoms with Crippen LogP contribution in [0.15, 0.2) is 58.1 Å². The normalized spacial score (nSPS) is 13.7. The first-order valence-corrected chi connectivity index (χ1v) is 12.1. The van der Waals surface area contributed by atoms with Crippen molar-refractivity contribution in [3.63, 3.8) is 0 Å². The molecular formula is C25H30N4O2S. The molecule has 7 heteroatoms. The molecule has 4 rings (SSSR count). The molecule has 0 N–H and O–H groups in total. The topological polar surface area (TPSA) is 62.5 Å². The maximum absolute atomic E-state index is 12.5. The molecule has 0 atom stereocenters. The van der Waals surface area contributed by atoms with Gasteiger partial charge in [0, 0.05) is 38.4 Å². The Morgan fingerprint density at radius 3 is 2.59 bits per heavy atom. The van der Waals surface area contributed by atoms with Crippen LogP contribution in [0.1, 0.15) is 60.2 Å². The van der Waals surface area contributed by atoms with E-state index in [2.05, 4.69) is 56.1 Å². The molecule has 1 saturated heterocycles. The molecule has 3 aromatic rings. The van der Waals surface area contributed by atoms with Gasteiger partial charge in [-0.05, 0) is 36.5 Å². The average molecular weight is 451 g/mol. The molecule has 1 amide bonds. The molecule has 0 unspecified atom stereocenters. The number of benzene rings is 1. The van der Waals surface area contributed by atoms with Crippen LogP contribution in [0.4, 0.5) is 5.82 Å². The molecule has 0 spiro atoms. The molecule has 0 bridgehead atoms. The van der Waals surface area contributed by atoms with Gasteiger partial charge in [-0.15, -0.1) is 0 Å². The minimum atomic E-state index is -0.0124. The van der Waals surface area contributed by atoms with Crippen molar-refractivity contribution in [2.75, 3.05) is 25.0 Å². The van der Waals surface area contributed by atoms with Crippen molar-refractivity contribution in [1.82, 2.24) is 14.9 Å². The maximum Gasteiger partial charge on any atom is 0.289 e. The second-order valence-corrected chi connectivity index (χ2v) is 9.43. The van der Waals surface area contributed by atoms with Crippen molar-refractivity contribution < 1.29 is 9.21 Å². The van der Waals surface area contributed by atoms with E-state index in [4.69, 9.17) is 14.4 Å². The van der Waals surface area contributed by atoms with Crippen molar-refractivity contribution in [2.45, 2.75) is 50.1 Å². The highest BCUT2D eigenvalue weighted by Gasteiger charge is 2.22. The van der Waals surface area contributed by atoms with Gasteiger partial charge in [-0.3, -0.25) is 4.79 Å². The second-order valence-electron chi connectivity index (χ2n) is 8.48. The Bertz CT molecular complexity index is 1050. The van der Waals surface area contributed by atoms with Gasteiger partial charge in [0.25, 0.3) is 5.91 Å². The van der Waals surface area contributed by atoms with Crippen molar-refractivity contribution in [2.24, 2.45) is 0 Å². The van der Waals surface area contributed by atoms with Crippen LogP contribution in [0.25, 0.3) is 0 Å². The summed E-state index contributed by atoms with van der Waals surface area (Å²) in [4.78, 5) is 26.1. The van der Waals surface area contributed by atoms with Crippen molar-refractivity contribution in [1.29, 1.82) is 0 Å². The molecule has 1 aromatic carbocycles. The number of nitrogens with zero attached hydrogens (tertiary/aromatic N) is 4. The van der Waals surface area contributed by atoms with Gasteiger partial charge in [-0.1, -0.05) is 55.9 Å². The fourth-order valence-electron chi connectivity index (χ4n) is 3.71. The van der Waals surface area contributed by atoms with Crippen molar-refractivity contribution in [3.05, 3.63) is 71.3 Å². The smallest absolute Gasteiger partial charge is 0.289 e. The molecule has 168 valence electrons. The van der Waals surface area contributed by atoms with Crippen LogP contribution in [0.5, 0.6) is 0 Å². The summed E-state index contributed by atoms with van der Waals surface area (Å²) in [6, 6.07) is 16.1. The lowest BCUT2D eigenvalue weighted by molar-refractivity contribution is 0.0760. The predicted molar refractivity (Wildman–Crippen MR) is 128 cm³/mol. The number of anilines is 1. The summed E-state index contributed by atoms with van der Waals surface area (Å²) in [5.74, 6) is 2.95. The summed E-state index contributed by atoms with van der Waals surface area (Å²) in [5, 5.41) is 0.718. The third kappa shape index (κ3) is 5.51. The number of carbonyl (C=O) groups is 1. The molecule has 32 heavy (non-hydrogen) atoms. The van der Waals surface area contributed by atoms with E-state index in [1.54, 1.807) is 6.07 Å². The van der Waals surface area contributed by atoms with Gasteiger partial charge in [-0.2, -0.15) is 0 Å². The van der Waals surface area contributed by atoms with E-state index in [1.165, 1.54) is 17.3 Å². The van der Waals surface area contributed by atoms with Crippen LogP contribution in [-0.2, 0) is 12.3 Å². The highest BCUT2D eigenvalue weighted by Crippen LogP contribution is 2.27. The van der Waals surface area contributed by atoms with Crippen LogP contribution >= 0.6 is 11.8 Å². The minimum Gasteiger partial charge on any atom is -0.455 e. The van der Waals surface area contributed by atoms with Gasteiger partial charge in [0.1, 0.15) is 11.6 Å². The van der Waals surface area contributed by atoms with Gasteiger partial charge in [0.05, 0.1) is 5.75 Å². The summed E-state index contributed by atoms with van der Waals surface area (Å²) in [7, 11) is 2.05. The Kier molecular flexibility index (Phi) is 7.15. The van der Waals surface area contributed by atoms with Gasteiger partial charge in [0.15, 0.2) is 10.9 Å². The van der Waals surface area contributed by atoms with Crippen LogP contribution in [-0.4, -0.2) is 40.9 Å². The zero-order valence-corrected chi connectivity index (χ0v) is 19.8. The summed E-state index contributed by atoms with van der Waals surface area (Å²) in [6.07, 6.45) is 2.14. The molecule has 1 aliphatic heterocycles. The molecule has 1 fully saturated rings. The fraction of sp³-hybridized carbons (Fsp3) is 0.400. The molecule has 0 aliphatic carbocycles. The molecule has 0 saturated carbocycles. The van der Waals surface area contributed by atoms with E-state index in [0.717, 1.165) is 54.9 Å². The third-order valence-corrected chi connectivity index (χ3v) is 6.44. The second kappa shape index (κ2) is 10.2. The highest BCUT2D eigenvalue weighted by atomic mass is 32.2. The molecule has 0 radical (unpaired) electrons. The fourth-order valence-corrected chi connectivity index (χ4v) is 4.46. The number of furan rings is 1. The standard InChI is InChI=1S/C25H30N4O2S/c1-18(2)21-15-23(28(3)16-19-9-5-4-6-10-19)27-25(26-21)32-17-20-11-12-22(31-20)24(30)29-13-7-8-14-29/h4-6,9-12,15,18H,7-8,13-14,16-17H2,1-3H3. The summed E-state index contributed by atoms with van der Waals surface area (Å²) < 4.78 is 5.84. The quantitative estimate of drug-likeness (QED) is 0.340. The lowest BCUT2D eigenvalue weighted by atomic mass is 10.1. The average Bonchev–Trinajstić information content (AvgIpc) is 3.50. The number of carbonyl (C=O) groups excluding carboxylic acids is 1. The summed E-state index contributed by atoms with van der Waals surface area (Å²) in [6.45, 7) is 6.69. The largest absolute Gasteiger partial charge is 0.455 e. The van der Waals surface area contributed by atoms with Crippen molar-refractivity contribution >= 4 is 23.5 Å². The molecule has 1 aliphatic rings. The Morgan fingerprint density at radius 1 is 1.12 bits per heavy atom. The summed E-state index contributed by atoms with van der Waals surface area (Å²) in [5.41, 5.74) is 2.25. The number of amides is 1. The van der Waals surface area contributed by atoms with Gasteiger partial charge >= 0.3 is 0 Å². The van der Waals surface area contributed by atoms with Crippen LogP contribution in [0, 0.1) is 0 Å². The van der Waals surface area contributed by atoms with Crippen LogP contribution in [0.3, 0.4) is 0 Å². The van der Waals surface area contributed by atoms with Crippen LogP contribution in [0.2, 0.25) is 0 Å². The van der Waals surface area contributed by atoms with E-state index < -0.39 is 0 Å². The zero-order chi connectivity index (χ0) is 22.5.